The predicted molar refractivity (Wildman–Crippen MR) is 131 cm³/mol. The predicted octanol–water partition coefficient (Wildman–Crippen LogP) is 6.37. The molecule has 0 radical (unpaired) electrons. The third-order valence-corrected chi connectivity index (χ3v) is 5.42. The number of fused-ring (bicyclic) bond motifs is 1. The van der Waals surface area contributed by atoms with Crippen molar-refractivity contribution in [2.24, 2.45) is 0 Å². The molecule has 0 saturated carbocycles. The number of ether oxygens (including phenoxy) is 1. The first-order chi connectivity index (χ1) is 16.5. The van der Waals surface area contributed by atoms with Crippen molar-refractivity contribution in [2.75, 3.05) is 4.90 Å². The lowest BCUT2D eigenvalue weighted by Gasteiger charge is -2.32. The summed E-state index contributed by atoms with van der Waals surface area (Å²) < 4.78 is 33.8. The van der Waals surface area contributed by atoms with E-state index in [-0.39, 0.29) is 11.2 Å². The Bertz CT molecular complexity index is 1440. The topological polar surface area (TPSA) is 75.3 Å². The molecule has 0 aliphatic rings. The average Bonchev–Trinajstić information content (AvgIpc) is 2.77. The van der Waals surface area contributed by atoms with Crippen LogP contribution in [0.5, 0.6) is 0 Å². The van der Waals surface area contributed by atoms with E-state index in [9.17, 15) is 18.4 Å². The summed E-state index contributed by atoms with van der Waals surface area (Å²) in [6, 6.07) is 12.9. The smallest absolute Gasteiger partial charge is 0.415 e. The van der Waals surface area contributed by atoms with Crippen molar-refractivity contribution in [3.8, 4) is 11.1 Å². The molecule has 1 unspecified atom stereocenters. The minimum absolute atomic E-state index is 0.00388. The van der Waals surface area contributed by atoms with Crippen molar-refractivity contribution in [1.29, 1.82) is 0 Å². The Hall–Kier alpha value is -4.07. The molecule has 6 nitrogen and oxygen atoms in total. The van der Waals surface area contributed by atoms with Crippen LogP contribution in [0.2, 0.25) is 0 Å². The first-order valence-electron chi connectivity index (χ1n) is 11.1. The fraction of sp³-hybridized carbons (Fsp3) is 0.222. The van der Waals surface area contributed by atoms with Gasteiger partial charge in [-0.25, -0.2) is 13.6 Å². The van der Waals surface area contributed by atoms with Crippen LogP contribution >= 0.6 is 0 Å². The van der Waals surface area contributed by atoms with Gasteiger partial charge in [-0.3, -0.25) is 14.7 Å². The number of aromatic amines is 1. The standard InChI is InChI=1S/C27H25F2N3O3/c1-16(32(26(34)35-27(2,3)4)21-14-19(28)13-20(29)15-21)24-22(6-5-10-30-24)18-8-7-17-9-11-31-25(33)23(17)12-18/h5-16H,1-4H3,(H,31,33). The molecule has 2 heterocycles. The van der Waals surface area contributed by atoms with Gasteiger partial charge in [0.05, 0.1) is 17.4 Å². The highest BCUT2D eigenvalue weighted by Gasteiger charge is 2.31. The van der Waals surface area contributed by atoms with Gasteiger partial charge in [-0.2, -0.15) is 0 Å². The Morgan fingerprint density at radius 1 is 1.06 bits per heavy atom. The van der Waals surface area contributed by atoms with Crippen LogP contribution in [-0.2, 0) is 4.74 Å². The van der Waals surface area contributed by atoms with Gasteiger partial charge >= 0.3 is 6.09 Å². The molecule has 4 rings (SSSR count). The second-order valence-electron chi connectivity index (χ2n) is 9.20. The van der Waals surface area contributed by atoms with Crippen molar-refractivity contribution in [3.05, 3.63) is 94.7 Å². The fourth-order valence-electron chi connectivity index (χ4n) is 3.94. The molecule has 180 valence electrons. The van der Waals surface area contributed by atoms with Gasteiger partial charge in [-0.05, 0) is 69.0 Å². The summed E-state index contributed by atoms with van der Waals surface area (Å²) in [5.74, 6) is -1.65. The summed E-state index contributed by atoms with van der Waals surface area (Å²) in [6.45, 7) is 6.82. The summed E-state index contributed by atoms with van der Waals surface area (Å²) in [5.41, 5.74) is 0.765. The molecule has 35 heavy (non-hydrogen) atoms. The van der Waals surface area contributed by atoms with Gasteiger partial charge in [0, 0.05) is 29.4 Å². The number of carbonyl (C=O) groups is 1. The van der Waals surface area contributed by atoms with Crippen LogP contribution in [-0.4, -0.2) is 21.7 Å². The normalized spacial score (nSPS) is 12.4. The van der Waals surface area contributed by atoms with E-state index in [0.717, 1.165) is 23.6 Å². The number of hydrogen-bond donors (Lipinski definition) is 1. The summed E-state index contributed by atoms with van der Waals surface area (Å²) in [6.07, 6.45) is 2.38. The Labute approximate surface area is 201 Å². The third kappa shape index (κ3) is 5.21. The maximum atomic E-state index is 14.1. The lowest BCUT2D eigenvalue weighted by molar-refractivity contribution is 0.0567. The molecule has 8 heteroatoms. The van der Waals surface area contributed by atoms with Gasteiger partial charge in [-0.1, -0.05) is 18.2 Å². The highest BCUT2D eigenvalue weighted by molar-refractivity contribution is 5.90. The number of halogens is 2. The molecule has 2 aromatic heterocycles. The zero-order valence-electron chi connectivity index (χ0n) is 19.8. The molecule has 1 atom stereocenters. The van der Waals surface area contributed by atoms with Crippen LogP contribution in [0.25, 0.3) is 21.9 Å². The molecular weight excluding hydrogens is 452 g/mol. The molecule has 0 spiro atoms. The number of nitrogens with zero attached hydrogens (tertiary/aromatic N) is 2. The minimum Gasteiger partial charge on any atom is -0.443 e. The van der Waals surface area contributed by atoms with E-state index in [1.807, 2.05) is 18.2 Å². The molecule has 4 aromatic rings. The first-order valence-corrected chi connectivity index (χ1v) is 11.1. The van der Waals surface area contributed by atoms with E-state index in [2.05, 4.69) is 9.97 Å². The van der Waals surface area contributed by atoms with Crippen LogP contribution in [0, 0.1) is 11.6 Å². The summed E-state index contributed by atoms with van der Waals surface area (Å²) >= 11 is 0. The van der Waals surface area contributed by atoms with Crippen molar-refractivity contribution < 1.29 is 18.3 Å². The van der Waals surface area contributed by atoms with E-state index in [4.69, 9.17) is 4.74 Å². The SMILES string of the molecule is CC(c1ncccc1-c1ccc2cc[nH]c(=O)c2c1)N(C(=O)OC(C)(C)C)c1cc(F)cc(F)c1. The zero-order valence-corrected chi connectivity index (χ0v) is 19.8. The van der Waals surface area contributed by atoms with Crippen LogP contribution < -0.4 is 10.5 Å². The number of nitrogens with one attached hydrogen (secondary N) is 1. The molecule has 0 bridgehead atoms. The number of carbonyl (C=O) groups excluding carboxylic acids is 1. The van der Waals surface area contributed by atoms with Gasteiger partial charge in [0.2, 0.25) is 0 Å². The molecule has 1 amide bonds. The third-order valence-electron chi connectivity index (χ3n) is 5.42. The van der Waals surface area contributed by atoms with Gasteiger partial charge in [0.1, 0.15) is 17.2 Å². The molecule has 2 aromatic carbocycles. The molecule has 1 N–H and O–H groups in total. The second-order valence-corrected chi connectivity index (χ2v) is 9.20. The highest BCUT2D eigenvalue weighted by Crippen LogP contribution is 2.35. The highest BCUT2D eigenvalue weighted by atomic mass is 19.1. The van der Waals surface area contributed by atoms with Gasteiger partial charge in [0.15, 0.2) is 0 Å². The van der Waals surface area contributed by atoms with Crippen LogP contribution in [0.3, 0.4) is 0 Å². The van der Waals surface area contributed by atoms with Crippen molar-refractivity contribution in [2.45, 2.75) is 39.3 Å². The number of anilines is 1. The number of rotatable bonds is 4. The van der Waals surface area contributed by atoms with Crippen molar-refractivity contribution >= 4 is 22.6 Å². The fourth-order valence-corrected chi connectivity index (χ4v) is 3.94. The van der Waals surface area contributed by atoms with E-state index in [1.165, 1.54) is 4.90 Å². The van der Waals surface area contributed by atoms with Gasteiger partial charge in [-0.15, -0.1) is 0 Å². The van der Waals surface area contributed by atoms with Gasteiger partial charge in [0.25, 0.3) is 5.56 Å². The quantitative estimate of drug-likeness (QED) is 0.371. The number of aromatic nitrogens is 2. The molecular formula is C27H25F2N3O3. The van der Waals surface area contributed by atoms with Crippen LogP contribution in [0.4, 0.5) is 19.3 Å². The van der Waals surface area contributed by atoms with E-state index in [0.29, 0.717) is 22.2 Å². The zero-order chi connectivity index (χ0) is 25.3. The Balaban J connectivity index is 1.85. The average molecular weight is 478 g/mol. The largest absolute Gasteiger partial charge is 0.443 e. The number of amides is 1. The van der Waals surface area contributed by atoms with E-state index in [1.54, 1.807) is 58.3 Å². The molecule has 0 saturated heterocycles. The number of H-pyrrole nitrogens is 1. The van der Waals surface area contributed by atoms with Crippen molar-refractivity contribution in [1.82, 2.24) is 9.97 Å². The first kappa shape index (κ1) is 24.1. The second kappa shape index (κ2) is 9.29. The monoisotopic (exact) mass is 477 g/mol. The van der Waals surface area contributed by atoms with Gasteiger partial charge < -0.3 is 9.72 Å². The van der Waals surface area contributed by atoms with Crippen molar-refractivity contribution in [3.63, 3.8) is 0 Å². The number of hydrogen-bond acceptors (Lipinski definition) is 4. The lowest BCUT2D eigenvalue weighted by Crippen LogP contribution is -2.39. The maximum Gasteiger partial charge on any atom is 0.415 e. The Morgan fingerprint density at radius 3 is 2.46 bits per heavy atom. The Morgan fingerprint density at radius 2 is 1.77 bits per heavy atom. The molecule has 0 fully saturated rings. The summed E-state index contributed by atoms with van der Waals surface area (Å²) in [4.78, 5) is 33.9. The molecule has 0 aliphatic heterocycles. The summed E-state index contributed by atoms with van der Waals surface area (Å²) in [5, 5.41) is 1.28. The Kier molecular flexibility index (Phi) is 6.39. The minimum atomic E-state index is -0.840. The van der Waals surface area contributed by atoms with E-state index >= 15 is 0 Å². The maximum absolute atomic E-state index is 14.1. The molecule has 0 aliphatic carbocycles. The van der Waals surface area contributed by atoms with Crippen LogP contribution in [0.15, 0.2) is 71.8 Å². The summed E-state index contributed by atoms with van der Waals surface area (Å²) in [7, 11) is 0. The van der Waals surface area contributed by atoms with E-state index < -0.39 is 29.4 Å². The number of pyridine rings is 2. The van der Waals surface area contributed by atoms with Crippen LogP contribution in [0.1, 0.15) is 39.4 Å². The number of benzene rings is 2. The lowest BCUT2D eigenvalue weighted by atomic mass is 9.97.